The molecule has 9 heteroatoms. The van der Waals surface area contributed by atoms with Gasteiger partial charge in [0, 0.05) is 28.6 Å². The van der Waals surface area contributed by atoms with E-state index < -0.39 is 23.4 Å². The summed E-state index contributed by atoms with van der Waals surface area (Å²) in [5, 5.41) is 13.2. The number of carbonyl (C=O) groups excluding carboxylic acids is 3. The number of ketones is 1. The Bertz CT molecular complexity index is 973. The number of rotatable bonds is 8. The minimum Gasteiger partial charge on any atom is -0.456 e. The fourth-order valence-corrected chi connectivity index (χ4v) is 2.98. The molecule has 2 aromatic carbocycles. The second-order valence-corrected chi connectivity index (χ2v) is 7.23. The van der Waals surface area contributed by atoms with E-state index in [1.54, 1.807) is 6.07 Å². The number of nitro benzene ring substituents is 1. The third kappa shape index (κ3) is 6.49. The lowest BCUT2D eigenvalue weighted by Gasteiger charge is -2.09. The van der Waals surface area contributed by atoms with Crippen LogP contribution in [0.25, 0.3) is 0 Å². The van der Waals surface area contributed by atoms with Gasteiger partial charge >= 0.3 is 5.97 Å². The number of amides is 1. The Morgan fingerprint density at radius 1 is 1.10 bits per heavy atom. The number of ether oxygens (including phenoxy) is 1. The zero-order valence-corrected chi connectivity index (χ0v) is 17.4. The van der Waals surface area contributed by atoms with Crippen LogP contribution in [0.1, 0.15) is 34.3 Å². The van der Waals surface area contributed by atoms with Crippen molar-refractivity contribution in [3.8, 4) is 0 Å². The van der Waals surface area contributed by atoms with Crippen LogP contribution in [0, 0.1) is 24.0 Å². The van der Waals surface area contributed by atoms with Gasteiger partial charge in [-0.2, -0.15) is 0 Å². The SMILES string of the molecule is Cc1ccc(C)c(C(=O)CCC(=O)OCC(=O)Nc2ccc([N+](=O)[O-])cc2Br)c1. The molecule has 0 unspecified atom stereocenters. The average molecular weight is 463 g/mol. The molecule has 2 rings (SSSR count). The highest BCUT2D eigenvalue weighted by Crippen LogP contribution is 2.27. The Morgan fingerprint density at radius 3 is 2.48 bits per heavy atom. The maximum absolute atomic E-state index is 12.3. The Hall–Kier alpha value is -3.07. The normalized spacial score (nSPS) is 10.3. The van der Waals surface area contributed by atoms with Crippen molar-refractivity contribution < 1.29 is 24.0 Å². The summed E-state index contributed by atoms with van der Waals surface area (Å²) in [7, 11) is 0. The van der Waals surface area contributed by atoms with Crippen LogP contribution in [-0.2, 0) is 14.3 Å². The number of hydrogen-bond acceptors (Lipinski definition) is 6. The van der Waals surface area contributed by atoms with E-state index in [-0.39, 0.29) is 24.3 Å². The molecule has 152 valence electrons. The van der Waals surface area contributed by atoms with Crippen LogP contribution >= 0.6 is 15.9 Å². The number of esters is 1. The molecular formula is C20H19BrN2O6. The number of Topliss-reactive ketones (excluding diaryl/α,β-unsaturated/α-hetero) is 1. The molecule has 0 aromatic heterocycles. The van der Waals surface area contributed by atoms with Crippen molar-refractivity contribution in [1.82, 2.24) is 0 Å². The molecule has 0 heterocycles. The summed E-state index contributed by atoms with van der Waals surface area (Å²) < 4.78 is 5.22. The predicted molar refractivity (Wildman–Crippen MR) is 110 cm³/mol. The first-order valence-corrected chi connectivity index (χ1v) is 9.46. The summed E-state index contributed by atoms with van der Waals surface area (Å²) in [6.45, 7) is 3.18. The van der Waals surface area contributed by atoms with Crippen LogP contribution in [0.15, 0.2) is 40.9 Å². The second kappa shape index (κ2) is 9.92. The van der Waals surface area contributed by atoms with Crippen molar-refractivity contribution in [3.63, 3.8) is 0 Å². The molecule has 0 atom stereocenters. The van der Waals surface area contributed by atoms with E-state index in [1.807, 2.05) is 26.0 Å². The highest BCUT2D eigenvalue weighted by molar-refractivity contribution is 9.10. The van der Waals surface area contributed by atoms with Gasteiger partial charge in [0.25, 0.3) is 11.6 Å². The van der Waals surface area contributed by atoms with Gasteiger partial charge in [-0.1, -0.05) is 17.7 Å². The number of nitro groups is 1. The van der Waals surface area contributed by atoms with Crippen molar-refractivity contribution in [2.24, 2.45) is 0 Å². The van der Waals surface area contributed by atoms with Gasteiger partial charge in [-0.05, 0) is 47.5 Å². The molecule has 2 aromatic rings. The molecule has 0 saturated heterocycles. The number of carbonyl (C=O) groups is 3. The zero-order chi connectivity index (χ0) is 21.6. The Labute approximate surface area is 175 Å². The third-order valence-electron chi connectivity index (χ3n) is 4.05. The smallest absolute Gasteiger partial charge is 0.306 e. The van der Waals surface area contributed by atoms with Crippen LogP contribution in [0.2, 0.25) is 0 Å². The summed E-state index contributed by atoms with van der Waals surface area (Å²) in [6.07, 6.45) is -0.153. The van der Waals surface area contributed by atoms with E-state index in [0.717, 1.165) is 11.1 Å². The first-order chi connectivity index (χ1) is 13.7. The topological polar surface area (TPSA) is 116 Å². The molecule has 8 nitrogen and oxygen atoms in total. The lowest BCUT2D eigenvalue weighted by molar-refractivity contribution is -0.384. The maximum Gasteiger partial charge on any atom is 0.306 e. The van der Waals surface area contributed by atoms with Crippen LogP contribution < -0.4 is 5.32 Å². The van der Waals surface area contributed by atoms with Gasteiger partial charge in [0.05, 0.1) is 17.0 Å². The summed E-state index contributed by atoms with van der Waals surface area (Å²) in [4.78, 5) is 46.2. The molecule has 0 fully saturated rings. The molecule has 0 bridgehead atoms. The summed E-state index contributed by atoms with van der Waals surface area (Å²) in [5.41, 5.74) is 2.53. The summed E-state index contributed by atoms with van der Waals surface area (Å²) in [5.74, 6) is -1.43. The van der Waals surface area contributed by atoms with Gasteiger partial charge in [0.1, 0.15) is 0 Å². The zero-order valence-electron chi connectivity index (χ0n) is 15.9. The van der Waals surface area contributed by atoms with Gasteiger partial charge in [-0.3, -0.25) is 24.5 Å². The lowest BCUT2D eigenvalue weighted by atomic mass is 9.99. The lowest BCUT2D eigenvalue weighted by Crippen LogP contribution is -2.21. The van der Waals surface area contributed by atoms with Crippen molar-refractivity contribution in [2.75, 3.05) is 11.9 Å². The van der Waals surface area contributed by atoms with Crippen molar-refractivity contribution in [2.45, 2.75) is 26.7 Å². The summed E-state index contributed by atoms with van der Waals surface area (Å²) >= 11 is 3.13. The number of non-ortho nitro benzene ring substituents is 1. The maximum atomic E-state index is 12.3. The van der Waals surface area contributed by atoms with E-state index in [9.17, 15) is 24.5 Å². The van der Waals surface area contributed by atoms with Gasteiger partial charge in [-0.15, -0.1) is 0 Å². The quantitative estimate of drug-likeness (QED) is 0.273. The largest absolute Gasteiger partial charge is 0.456 e. The number of hydrogen-bond donors (Lipinski definition) is 1. The van der Waals surface area contributed by atoms with Crippen molar-refractivity contribution >= 4 is 45.0 Å². The van der Waals surface area contributed by atoms with Gasteiger partial charge < -0.3 is 10.1 Å². The molecule has 0 aliphatic carbocycles. The van der Waals surface area contributed by atoms with E-state index in [1.165, 1.54) is 18.2 Å². The van der Waals surface area contributed by atoms with Crippen LogP contribution in [0.3, 0.4) is 0 Å². The Kier molecular flexibility index (Phi) is 7.60. The van der Waals surface area contributed by atoms with Gasteiger partial charge in [-0.25, -0.2) is 0 Å². The number of halogens is 1. The Balaban J connectivity index is 1.81. The monoisotopic (exact) mass is 462 g/mol. The van der Waals surface area contributed by atoms with Crippen molar-refractivity contribution in [3.05, 3.63) is 67.7 Å². The molecule has 0 saturated carbocycles. The molecule has 0 radical (unpaired) electrons. The average Bonchev–Trinajstić information content (AvgIpc) is 2.67. The molecule has 1 amide bonds. The number of anilines is 1. The van der Waals surface area contributed by atoms with Gasteiger partial charge in [0.2, 0.25) is 0 Å². The minimum absolute atomic E-state index is 0.0152. The minimum atomic E-state index is -0.665. The molecular weight excluding hydrogens is 444 g/mol. The standard InChI is InChI=1S/C20H19BrN2O6/c1-12-3-4-13(2)15(9-12)18(24)7-8-20(26)29-11-19(25)22-17-6-5-14(23(27)28)10-16(17)21/h3-6,9-10H,7-8,11H2,1-2H3,(H,22,25). The molecule has 0 aliphatic rings. The fourth-order valence-electron chi connectivity index (χ4n) is 2.51. The number of nitrogens with one attached hydrogen (secondary N) is 1. The number of nitrogens with zero attached hydrogens (tertiary/aromatic N) is 1. The second-order valence-electron chi connectivity index (χ2n) is 6.37. The van der Waals surface area contributed by atoms with E-state index in [4.69, 9.17) is 4.74 Å². The first kappa shape index (κ1) is 22.2. The predicted octanol–water partition coefficient (Wildman–Crippen LogP) is 4.12. The van der Waals surface area contributed by atoms with E-state index >= 15 is 0 Å². The van der Waals surface area contributed by atoms with Gasteiger partial charge in [0.15, 0.2) is 12.4 Å². The molecule has 1 N–H and O–H groups in total. The van der Waals surface area contributed by atoms with Crippen LogP contribution in [0.4, 0.5) is 11.4 Å². The summed E-state index contributed by atoms with van der Waals surface area (Å²) in [6, 6.07) is 9.39. The highest BCUT2D eigenvalue weighted by atomic mass is 79.9. The van der Waals surface area contributed by atoms with Crippen LogP contribution in [0.5, 0.6) is 0 Å². The molecule has 29 heavy (non-hydrogen) atoms. The Morgan fingerprint density at radius 2 is 1.83 bits per heavy atom. The van der Waals surface area contributed by atoms with Crippen molar-refractivity contribution in [1.29, 1.82) is 0 Å². The highest BCUT2D eigenvalue weighted by Gasteiger charge is 2.15. The number of benzene rings is 2. The third-order valence-corrected chi connectivity index (χ3v) is 4.71. The molecule has 0 spiro atoms. The fraction of sp³-hybridized carbons (Fsp3) is 0.250. The number of aryl methyl sites for hydroxylation is 2. The van der Waals surface area contributed by atoms with E-state index in [2.05, 4.69) is 21.2 Å². The van der Waals surface area contributed by atoms with E-state index in [0.29, 0.717) is 15.7 Å². The van der Waals surface area contributed by atoms with Crippen LogP contribution in [-0.4, -0.2) is 29.2 Å². The molecule has 0 aliphatic heterocycles. The first-order valence-electron chi connectivity index (χ1n) is 8.67.